The summed E-state index contributed by atoms with van der Waals surface area (Å²) in [5.41, 5.74) is 4.17. The van der Waals surface area contributed by atoms with E-state index in [2.05, 4.69) is 34.3 Å². The average Bonchev–Trinajstić information content (AvgIpc) is 3.20. The molecule has 0 aromatic carbocycles. The standard InChI is InChI=1S/C20H26FN5O/c1-12(27)26-7-5-14(11-26)22-18-9-13(8-17(21)23-18)19-15-4-6-20(2,3)10-16(15)24-25-19/h8-9,14H,4-7,10-11H2,1-3H3,(H,22,23)(H,24,25)/t14-/m0/s1. The zero-order valence-electron chi connectivity index (χ0n) is 16.1. The quantitative estimate of drug-likeness (QED) is 0.813. The molecule has 0 bridgehead atoms. The normalized spacial score (nSPS) is 21.2. The summed E-state index contributed by atoms with van der Waals surface area (Å²) in [6.07, 6.45) is 3.82. The Morgan fingerprint density at radius 1 is 1.41 bits per heavy atom. The van der Waals surface area contributed by atoms with Crippen LogP contribution in [0.2, 0.25) is 0 Å². The van der Waals surface area contributed by atoms with Crippen LogP contribution in [0.1, 0.15) is 44.9 Å². The van der Waals surface area contributed by atoms with E-state index in [1.54, 1.807) is 11.8 Å². The number of anilines is 1. The van der Waals surface area contributed by atoms with Crippen LogP contribution in [-0.4, -0.2) is 45.1 Å². The number of aromatic amines is 1. The van der Waals surface area contributed by atoms with E-state index in [0.29, 0.717) is 12.4 Å². The van der Waals surface area contributed by atoms with Crippen molar-refractivity contribution < 1.29 is 9.18 Å². The van der Waals surface area contributed by atoms with E-state index in [0.717, 1.165) is 49.2 Å². The number of H-pyrrole nitrogens is 1. The number of likely N-dealkylation sites (tertiary alicyclic amines) is 1. The second kappa shape index (κ2) is 6.62. The van der Waals surface area contributed by atoms with Crippen molar-refractivity contribution >= 4 is 11.7 Å². The molecule has 6 nitrogen and oxygen atoms in total. The molecule has 2 N–H and O–H groups in total. The number of aromatic nitrogens is 3. The van der Waals surface area contributed by atoms with E-state index in [9.17, 15) is 9.18 Å². The molecule has 3 heterocycles. The Balaban J connectivity index is 1.57. The lowest BCUT2D eigenvalue weighted by Gasteiger charge is -2.29. The van der Waals surface area contributed by atoms with E-state index in [4.69, 9.17) is 0 Å². The van der Waals surface area contributed by atoms with Gasteiger partial charge in [-0.15, -0.1) is 0 Å². The lowest BCUT2D eigenvalue weighted by molar-refractivity contribution is -0.127. The molecule has 1 amide bonds. The van der Waals surface area contributed by atoms with Crippen LogP contribution >= 0.6 is 0 Å². The van der Waals surface area contributed by atoms with Gasteiger partial charge >= 0.3 is 0 Å². The first-order chi connectivity index (χ1) is 12.8. The van der Waals surface area contributed by atoms with E-state index in [-0.39, 0.29) is 17.4 Å². The molecule has 1 atom stereocenters. The Hall–Kier alpha value is -2.44. The third-order valence-corrected chi connectivity index (χ3v) is 5.71. The summed E-state index contributed by atoms with van der Waals surface area (Å²) in [5, 5.41) is 10.9. The van der Waals surface area contributed by atoms with Gasteiger partial charge in [-0.2, -0.15) is 9.49 Å². The second-order valence-corrected chi connectivity index (χ2v) is 8.53. The minimum Gasteiger partial charge on any atom is -0.365 e. The van der Waals surface area contributed by atoms with Crippen molar-refractivity contribution in [1.29, 1.82) is 0 Å². The van der Waals surface area contributed by atoms with Crippen LogP contribution in [0.5, 0.6) is 0 Å². The highest BCUT2D eigenvalue weighted by molar-refractivity contribution is 5.73. The minimum atomic E-state index is -0.524. The fourth-order valence-electron chi connectivity index (χ4n) is 4.17. The number of carbonyl (C=O) groups excluding carboxylic acids is 1. The Morgan fingerprint density at radius 2 is 2.22 bits per heavy atom. The highest BCUT2D eigenvalue weighted by atomic mass is 19.1. The zero-order chi connectivity index (χ0) is 19.2. The number of rotatable bonds is 3. The topological polar surface area (TPSA) is 73.9 Å². The van der Waals surface area contributed by atoms with Gasteiger partial charge in [-0.3, -0.25) is 9.89 Å². The molecular formula is C20H26FN5O. The van der Waals surface area contributed by atoms with Gasteiger partial charge in [0.2, 0.25) is 11.9 Å². The fraction of sp³-hybridized carbons (Fsp3) is 0.550. The van der Waals surface area contributed by atoms with Crippen molar-refractivity contribution in [3.63, 3.8) is 0 Å². The van der Waals surface area contributed by atoms with Crippen LogP contribution < -0.4 is 5.32 Å². The van der Waals surface area contributed by atoms with Gasteiger partial charge in [0.05, 0.1) is 5.69 Å². The molecule has 2 aromatic rings. The number of nitrogens with zero attached hydrogens (tertiary/aromatic N) is 3. The third kappa shape index (κ3) is 3.68. The van der Waals surface area contributed by atoms with Crippen molar-refractivity contribution in [3.05, 3.63) is 29.3 Å². The molecule has 0 radical (unpaired) electrons. The third-order valence-electron chi connectivity index (χ3n) is 5.71. The van der Waals surface area contributed by atoms with E-state index >= 15 is 0 Å². The lowest BCUT2D eigenvalue weighted by atomic mass is 9.76. The first-order valence-electron chi connectivity index (χ1n) is 9.57. The molecular weight excluding hydrogens is 345 g/mol. The Kier molecular flexibility index (Phi) is 4.40. The molecule has 7 heteroatoms. The Morgan fingerprint density at radius 3 is 2.96 bits per heavy atom. The second-order valence-electron chi connectivity index (χ2n) is 8.53. The van der Waals surface area contributed by atoms with Crippen LogP contribution in [0.25, 0.3) is 11.3 Å². The van der Waals surface area contributed by atoms with Crippen LogP contribution in [0, 0.1) is 11.4 Å². The number of halogens is 1. The van der Waals surface area contributed by atoms with Gasteiger partial charge in [0, 0.05) is 48.9 Å². The van der Waals surface area contributed by atoms with Crippen LogP contribution in [0.15, 0.2) is 12.1 Å². The molecule has 1 saturated heterocycles. The van der Waals surface area contributed by atoms with Gasteiger partial charge in [-0.05, 0) is 37.2 Å². The molecule has 2 aliphatic rings. The molecule has 2 aromatic heterocycles. The van der Waals surface area contributed by atoms with Gasteiger partial charge in [0.25, 0.3) is 0 Å². The first-order valence-corrected chi connectivity index (χ1v) is 9.57. The zero-order valence-corrected chi connectivity index (χ0v) is 16.1. The Bertz CT molecular complexity index is 875. The largest absolute Gasteiger partial charge is 0.365 e. The summed E-state index contributed by atoms with van der Waals surface area (Å²) in [6, 6.07) is 3.39. The number of pyridine rings is 1. The molecule has 27 heavy (non-hydrogen) atoms. The van der Waals surface area contributed by atoms with Gasteiger partial charge in [0.1, 0.15) is 5.82 Å². The number of amides is 1. The summed E-state index contributed by atoms with van der Waals surface area (Å²) in [5.74, 6) is 0.0378. The van der Waals surface area contributed by atoms with E-state index in [1.165, 1.54) is 11.6 Å². The highest BCUT2D eigenvalue weighted by Crippen LogP contribution is 2.38. The number of carbonyl (C=O) groups is 1. The smallest absolute Gasteiger partial charge is 0.219 e. The van der Waals surface area contributed by atoms with Crippen molar-refractivity contribution in [2.24, 2.45) is 5.41 Å². The summed E-state index contributed by atoms with van der Waals surface area (Å²) < 4.78 is 14.2. The number of nitrogens with one attached hydrogen (secondary N) is 2. The fourth-order valence-corrected chi connectivity index (χ4v) is 4.17. The lowest BCUT2D eigenvalue weighted by Crippen LogP contribution is -2.29. The van der Waals surface area contributed by atoms with Crippen molar-refractivity contribution in [3.8, 4) is 11.3 Å². The molecule has 4 rings (SSSR count). The summed E-state index contributed by atoms with van der Waals surface area (Å²) in [7, 11) is 0. The first kappa shape index (κ1) is 17.9. The molecule has 1 aliphatic heterocycles. The maximum atomic E-state index is 14.2. The van der Waals surface area contributed by atoms with Crippen molar-refractivity contribution in [1.82, 2.24) is 20.1 Å². The number of hydrogen-bond donors (Lipinski definition) is 2. The Labute approximate surface area is 158 Å². The highest BCUT2D eigenvalue weighted by Gasteiger charge is 2.29. The molecule has 0 spiro atoms. The molecule has 1 aliphatic carbocycles. The molecule has 0 saturated carbocycles. The maximum Gasteiger partial charge on any atom is 0.219 e. The predicted octanol–water partition coefficient (Wildman–Crippen LogP) is 3.16. The minimum absolute atomic E-state index is 0.0678. The summed E-state index contributed by atoms with van der Waals surface area (Å²) >= 11 is 0. The van der Waals surface area contributed by atoms with Gasteiger partial charge < -0.3 is 10.2 Å². The monoisotopic (exact) mass is 371 g/mol. The predicted molar refractivity (Wildman–Crippen MR) is 102 cm³/mol. The molecule has 0 unspecified atom stereocenters. The van der Waals surface area contributed by atoms with Crippen LogP contribution in [0.3, 0.4) is 0 Å². The number of fused-ring (bicyclic) bond motifs is 1. The van der Waals surface area contributed by atoms with Gasteiger partial charge in [-0.25, -0.2) is 4.98 Å². The van der Waals surface area contributed by atoms with Crippen LogP contribution in [-0.2, 0) is 17.6 Å². The number of hydrogen-bond acceptors (Lipinski definition) is 4. The van der Waals surface area contributed by atoms with Gasteiger partial charge in [-0.1, -0.05) is 13.8 Å². The summed E-state index contributed by atoms with van der Waals surface area (Å²) in [4.78, 5) is 17.3. The van der Waals surface area contributed by atoms with Crippen molar-refractivity contribution in [2.75, 3.05) is 18.4 Å². The maximum absolute atomic E-state index is 14.2. The van der Waals surface area contributed by atoms with Gasteiger partial charge in [0.15, 0.2) is 0 Å². The molecule has 1 fully saturated rings. The summed E-state index contributed by atoms with van der Waals surface area (Å²) in [6.45, 7) is 7.43. The van der Waals surface area contributed by atoms with E-state index in [1.807, 2.05) is 6.07 Å². The molecule has 144 valence electrons. The van der Waals surface area contributed by atoms with Crippen molar-refractivity contribution in [2.45, 2.75) is 52.5 Å². The van der Waals surface area contributed by atoms with E-state index < -0.39 is 5.95 Å². The van der Waals surface area contributed by atoms with Crippen LogP contribution in [0.4, 0.5) is 10.2 Å². The SMILES string of the molecule is CC(=O)N1CC[C@H](Nc2cc(-c3n[nH]c4c3CCC(C)(C)C4)cc(F)n2)C1. The average molecular weight is 371 g/mol.